The van der Waals surface area contributed by atoms with Crippen LogP contribution in [0.15, 0.2) is 36.4 Å². The van der Waals surface area contributed by atoms with Crippen molar-refractivity contribution in [2.45, 2.75) is 13.0 Å². The molecule has 1 aromatic heterocycles. The number of carbonyl (C=O) groups is 2. The Labute approximate surface area is 119 Å². The van der Waals surface area contributed by atoms with Crippen LogP contribution in [0.4, 0.5) is 0 Å². The number of thiophene rings is 1. The van der Waals surface area contributed by atoms with Gasteiger partial charge in [0.2, 0.25) is 0 Å². The summed E-state index contributed by atoms with van der Waals surface area (Å²) in [5.74, 6) is -1.03. The van der Waals surface area contributed by atoms with E-state index in [1.165, 1.54) is 6.07 Å². The maximum absolute atomic E-state index is 11.1. The summed E-state index contributed by atoms with van der Waals surface area (Å²) in [5, 5.41) is 8.95. The van der Waals surface area contributed by atoms with E-state index in [-0.39, 0.29) is 4.88 Å². The monoisotopic (exact) mass is 291 g/mol. The first-order valence-corrected chi connectivity index (χ1v) is 6.69. The molecule has 2 rings (SSSR count). The van der Waals surface area contributed by atoms with Crippen molar-refractivity contribution in [2.24, 2.45) is 5.73 Å². The normalized spacial score (nSPS) is 11.8. The van der Waals surface area contributed by atoms with Gasteiger partial charge in [0.25, 0.3) is 5.91 Å². The Morgan fingerprint density at radius 2 is 1.95 bits per heavy atom. The minimum absolute atomic E-state index is 0.248. The summed E-state index contributed by atoms with van der Waals surface area (Å²) in [6.45, 7) is 1.57. The molecule has 2 aromatic rings. The average molecular weight is 291 g/mol. The average Bonchev–Trinajstić information content (AvgIpc) is 2.88. The lowest BCUT2D eigenvalue weighted by Gasteiger charge is -2.14. The van der Waals surface area contributed by atoms with Crippen LogP contribution in [0.3, 0.4) is 0 Å². The minimum atomic E-state index is -0.967. The molecule has 20 heavy (non-hydrogen) atoms. The first kappa shape index (κ1) is 14.1. The molecule has 1 heterocycles. The van der Waals surface area contributed by atoms with E-state index in [0.717, 1.165) is 21.8 Å². The van der Waals surface area contributed by atoms with Crippen LogP contribution in [0, 0.1) is 0 Å². The Morgan fingerprint density at radius 1 is 1.25 bits per heavy atom. The van der Waals surface area contributed by atoms with Crippen molar-refractivity contribution < 1.29 is 19.4 Å². The number of aromatic carboxylic acids is 1. The number of primary amides is 1. The van der Waals surface area contributed by atoms with Crippen molar-refractivity contribution in [3.8, 4) is 16.2 Å². The summed E-state index contributed by atoms with van der Waals surface area (Å²) in [7, 11) is 0. The Hall–Kier alpha value is -2.34. The number of rotatable bonds is 5. The molecule has 0 aliphatic heterocycles. The van der Waals surface area contributed by atoms with Crippen molar-refractivity contribution in [3.05, 3.63) is 41.3 Å². The van der Waals surface area contributed by atoms with Gasteiger partial charge >= 0.3 is 5.97 Å². The number of ether oxygens (including phenoxy) is 1. The zero-order valence-electron chi connectivity index (χ0n) is 10.7. The number of para-hydroxylation sites is 1. The minimum Gasteiger partial charge on any atom is -0.480 e. The van der Waals surface area contributed by atoms with Crippen molar-refractivity contribution in [1.82, 2.24) is 0 Å². The van der Waals surface area contributed by atoms with Gasteiger partial charge in [-0.2, -0.15) is 0 Å². The summed E-state index contributed by atoms with van der Waals surface area (Å²) in [5.41, 5.74) is 5.91. The van der Waals surface area contributed by atoms with Gasteiger partial charge in [-0.25, -0.2) is 4.79 Å². The SMILES string of the molecule is CC(Oc1ccccc1-c1ccc(C(=O)O)s1)C(N)=O. The van der Waals surface area contributed by atoms with Gasteiger partial charge < -0.3 is 15.6 Å². The van der Waals surface area contributed by atoms with Crippen LogP contribution >= 0.6 is 11.3 Å². The zero-order chi connectivity index (χ0) is 14.7. The molecule has 1 aromatic carbocycles. The summed E-state index contributed by atoms with van der Waals surface area (Å²) in [6.07, 6.45) is -0.755. The predicted molar refractivity (Wildman–Crippen MR) is 76.0 cm³/mol. The van der Waals surface area contributed by atoms with E-state index in [1.807, 2.05) is 6.07 Å². The van der Waals surface area contributed by atoms with Crippen LogP contribution in [-0.4, -0.2) is 23.1 Å². The highest BCUT2D eigenvalue weighted by Gasteiger charge is 2.15. The topological polar surface area (TPSA) is 89.6 Å². The molecular weight excluding hydrogens is 278 g/mol. The third-order valence-corrected chi connectivity index (χ3v) is 3.78. The number of nitrogens with two attached hydrogens (primary N) is 1. The molecule has 0 aliphatic carbocycles. The predicted octanol–water partition coefficient (Wildman–Crippen LogP) is 2.37. The largest absolute Gasteiger partial charge is 0.480 e. The summed E-state index contributed by atoms with van der Waals surface area (Å²) in [4.78, 5) is 23.0. The Morgan fingerprint density at radius 3 is 2.55 bits per heavy atom. The Balaban J connectivity index is 2.36. The first-order valence-electron chi connectivity index (χ1n) is 5.87. The number of carboxylic acids is 1. The van der Waals surface area contributed by atoms with E-state index < -0.39 is 18.0 Å². The zero-order valence-corrected chi connectivity index (χ0v) is 11.5. The van der Waals surface area contributed by atoms with Crippen molar-refractivity contribution in [1.29, 1.82) is 0 Å². The number of carboxylic acid groups (broad SMARTS) is 1. The molecule has 0 aliphatic rings. The summed E-state index contributed by atoms with van der Waals surface area (Å²) >= 11 is 1.15. The van der Waals surface area contributed by atoms with E-state index in [0.29, 0.717) is 5.75 Å². The maximum atomic E-state index is 11.1. The van der Waals surface area contributed by atoms with Crippen LogP contribution in [0.5, 0.6) is 5.75 Å². The molecule has 1 unspecified atom stereocenters. The van der Waals surface area contributed by atoms with Crippen LogP contribution in [-0.2, 0) is 4.79 Å². The molecule has 0 radical (unpaired) electrons. The quantitative estimate of drug-likeness (QED) is 0.885. The van der Waals surface area contributed by atoms with Gasteiger partial charge in [-0.1, -0.05) is 12.1 Å². The van der Waals surface area contributed by atoms with Gasteiger partial charge in [-0.3, -0.25) is 4.79 Å². The molecule has 0 fully saturated rings. The third kappa shape index (κ3) is 2.97. The van der Waals surface area contributed by atoms with Crippen LogP contribution in [0.1, 0.15) is 16.6 Å². The van der Waals surface area contributed by atoms with E-state index in [1.54, 1.807) is 31.2 Å². The van der Waals surface area contributed by atoms with E-state index in [2.05, 4.69) is 0 Å². The number of hydrogen-bond acceptors (Lipinski definition) is 4. The lowest BCUT2D eigenvalue weighted by Crippen LogP contribution is -2.30. The Kier molecular flexibility index (Phi) is 4.05. The molecule has 3 N–H and O–H groups in total. The van der Waals surface area contributed by atoms with Gasteiger partial charge in [0.05, 0.1) is 0 Å². The van der Waals surface area contributed by atoms with Crippen LogP contribution in [0.25, 0.3) is 10.4 Å². The van der Waals surface area contributed by atoms with Gasteiger partial charge in [0.15, 0.2) is 6.10 Å². The number of benzene rings is 1. The second-order valence-corrected chi connectivity index (χ2v) is 5.21. The molecule has 0 bridgehead atoms. The van der Waals surface area contributed by atoms with Crippen LogP contribution in [0.2, 0.25) is 0 Å². The molecule has 1 atom stereocenters. The van der Waals surface area contributed by atoms with E-state index in [9.17, 15) is 9.59 Å². The van der Waals surface area contributed by atoms with Gasteiger partial charge in [0.1, 0.15) is 10.6 Å². The number of carbonyl (C=O) groups excluding carboxylic acids is 1. The van der Waals surface area contributed by atoms with Gasteiger partial charge in [-0.05, 0) is 31.2 Å². The second kappa shape index (κ2) is 5.75. The van der Waals surface area contributed by atoms with E-state index >= 15 is 0 Å². The van der Waals surface area contributed by atoms with Gasteiger partial charge in [-0.15, -0.1) is 11.3 Å². The maximum Gasteiger partial charge on any atom is 0.345 e. The second-order valence-electron chi connectivity index (χ2n) is 4.13. The lowest BCUT2D eigenvalue weighted by molar-refractivity contribution is -0.123. The third-order valence-electron chi connectivity index (χ3n) is 2.67. The highest BCUT2D eigenvalue weighted by molar-refractivity contribution is 7.17. The molecule has 0 spiro atoms. The molecule has 6 heteroatoms. The summed E-state index contributed by atoms with van der Waals surface area (Å²) in [6, 6.07) is 10.4. The summed E-state index contributed by atoms with van der Waals surface area (Å²) < 4.78 is 5.52. The van der Waals surface area contributed by atoms with Crippen molar-refractivity contribution in [2.75, 3.05) is 0 Å². The van der Waals surface area contributed by atoms with Crippen molar-refractivity contribution in [3.63, 3.8) is 0 Å². The van der Waals surface area contributed by atoms with E-state index in [4.69, 9.17) is 15.6 Å². The van der Waals surface area contributed by atoms with Crippen molar-refractivity contribution >= 4 is 23.2 Å². The highest BCUT2D eigenvalue weighted by Crippen LogP contribution is 2.35. The fraction of sp³-hybridized carbons (Fsp3) is 0.143. The molecule has 104 valence electrons. The smallest absolute Gasteiger partial charge is 0.345 e. The van der Waals surface area contributed by atoms with Gasteiger partial charge in [0, 0.05) is 10.4 Å². The molecule has 1 amide bonds. The molecule has 0 saturated carbocycles. The molecule has 5 nitrogen and oxygen atoms in total. The number of amides is 1. The fourth-order valence-corrected chi connectivity index (χ4v) is 2.49. The standard InChI is InChI=1S/C14H13NO4S/c1-8(13(15)16)19-10-5-3-2-4-9(10)11-6-7-12(20-11)14(17)18/h2-8H,1H3,(H2,15,16)(H,17,18). The molecular formula is C14H13NO4S. The highest BCUT2D eigenvalue weighted by atomic mass is 32.1. The lowest BCUT2D eigenvalue weighted by atomic mass is 10.1. The first-order chi connectivity index (χ1) is 9.49. The molecule has 0 saturated heterocycles. The fourth-order valence-electron chi connectivity index (χ4n) is 1.62. The Bertz CT molecular complexity index is 650. The van der Waals surface area contributed by atoms with Crippen LogP contribution < -0.4 is 10.5 Å². The number of hydrogen-bond donors (Lipinski definition) is 2.